The molecule has 1 aromatic carbocycles. The largest absolute Gasteiger partial charge is 0.308 e. The monoisotopic (exact) mass is 421 g/mol. The quantitative estimate of drug-likeness (QED) is 0.646. The van der Waals surface area contributed by atoms with Gasteiger partial charge in [0, 0.05) is 42.2 Å². The fourth-order valence-corrected chi connectivity index (χ4v) is 4.71. The fraction of sp³-hybridized carbons (Fsp3) is 0.364. The molecule has 0 N–H and O–H groups in total. The molecule has 1 fully saturated rings. The number of benzene rings is 1. The van der Waals surface area contributed by atoms with Gasteiger partial charge < -0.3 is 9.80 Å². The molecule has 1 aliphatic carbocycles. The van der Waals surface area contributed by atoms with Gasteiger partial charge in [0.05, 0.1) is 35.7 Å². The third-order valence-electron chi connectivity index (χ3n) is 5.71. The molecule has 8 heteroatoms. The lowest BCUT2D eigenvalue weighted by Gasteiger charge is -2.41. The van der Waals surface area contributed by atoms with Crippen molar-refractivity contribution in [2.45, 2.75) is 39.3 Å². The van der Waals surface area contributed by atoms with Crippen molar-refractivity contribution in [1.29, 1.82) is 0 Å². The first-order valence-corrected chi connectivity index (χ1v) is 11.0. The van der Waals surface area contributed by atoms with E-state index in [0.717, 1.165) is 40.2 Å². The molecule has 2 amide bonds. The van der Waals surface area contributed by atoms with Crippen LogP contribution in [0, 0.1) is 5.92 Å². The van der Waals surface area contributed by atoms with Crippen LogP contribution in [0.25, 0.3) is 11.1 Å². The number of anilines is 2. The van der Waals surface area contributed by atoms with Crippen molar-refractivity contribution < 1.29 is 9.59 Å². The molecule has 0 unspecified atom stereocenters. The summed E-state index contributed by atoms with van der Waals surface area (Å²) in [5, 5.41) is 4.48. The molecule has 0 saturated heterocycles. The standard InChI is InChI=1S/C22H23N5O2S/c1-14-10-26(22(29)16-3-4-16)21-7-17(5-6-20(21)27(14)15(2)28)18-8-24-25(11-18)12-19-9-23-13-30-19/h5-9,11,13-14,16H,3-4,10,12H2,1-2H3/t14-/m0/s1. The van der Waals surface area contributed by atoms with Gasteiger partial charge in [-0.05, 0) is 37.5 Å². The van der Waals surface area contributed by atoms with Gasteiger partial charge in [0.2, 0.25) is 11.8 Å². The molecule has 1 saturated carbocycles. The van der Waals surface area contributed by atoms with Crippen molar-refractivity contribution in [3.8, 4) is 11.1 Å². The zero-order chi connectivity index (χ0) is 20.8. The van der Waals surface area contributed by atoms with E-state index in [-0.39, 0.29) is 23.8 Å². The zero-order valence-corrected chi connectivity index (χ0v) is 17.8. The number of fused-ring (bicyclic) bond motifs is 1. The Hall–Kier alpha value is -3.00. The van der Waals surface area contributed by atoms with E-state index in [0.29, 0.717) is 13.1 Å². The number of carbonyl (C=O) groups excluding carboxylic acids is 2. The van der Waals surface area contributed by atoms with E-state index >= 15 is 0 Å². The SMILES string of the molecule is CC(=O)N1c2ccc(-c3cnn(Cc4cncs4)c3)cc2N(C(=O)C2CC2)C[C@@H]1C. The molecule has 0 bridgehead atoms. The van der Waals surface area contributed by atoms with E-state index in [1.807, 2.05) is 58.8 Å². The predicted octanol–water partition coefficient (Wildman–Crippen LogP) is 3.55. The van der Waals surface area contributed by atoms with E-state index in [9.17, 15) is 9.59 Å². The van der Waals surface area contributed by atoms with E-state index in [2.05, 4.69) is 10.1 Å². The molecule has 0 spiro atoms. The summed E-state index contributed by atoms with van der Waals surface area (Å²) in [7, 11) is 0. The molecule has 3 heterocycles. The van der Waals surface area contributed by atoms with E-state index in [4.69, 9.17) is 0 Å². The van der Waals surface area contributed by atoms with Crippen LogP contribution in [0.1, 0.15) is 31.6 Å². The van der Waals surface area contributed by atoms with Crippen molar-refractivity contribution in [1.82, 2.24) is 14.8 Å². The van der Waals surface area contributed by atoms with Crippen LogP contribution in [-0.4, -0.2) is 39.2 Å². The smallest absolute Gasteiger partial charge is 0.230 e. The van der Waals surface area contributed by atoms with Crippen LogP contribution >= 0.6 is 11.3 Å². The van der Waals surface area contributed by atoms with Gasteiger partial charge in [-0.2, -0.15) is 5.10 Å². The summed E-state index contributed by atoms with van der Waals surface area (Å²) in [5.74, 6) is 0.288. The van der Waals surface area contributed by atoms with Crippen LogP contribution in [0.15, 0.2) is 42.3 Å². The molecule has 1 atom stereocenters. The number of carbonyl (C=O) groups is 2. The number of thiazole rings is 1. The Kier molecular flexibility index (Phi) is 4.66. The van der Waals surface area contributed by atoms with E-state index in [1.54, 1.807) is 23.2 Å². The molecule has 30 heavy (non-hydrogen) atoms. The highest BCUT2D eigenvalue weighted by molar-refractivity contribution is 7.09. The minimum Gasteiger partial charge on any atom is -0.308 e. The summed E-state index contributed by atoms with van der Waals surface area (Å²) in [6.07, 6.45) is 7.61. The summed E-state index contributed by atoms with van der Waals surface area (Å²) < 4.78 is 1.89. The first-order chi connectivity index (χ1) is 14.5. The number of aromatic nitrogens is 3. The maximum Gasteiger partial charge on any atom is 0.230 e. The van der Waals surface area contributed by atoms with Gasteiger partial charge >= 0.3 is 0 Å². The fourth-order valence-electron chi connectivity index (χ4n) is 4.12. The molecule has 3 aromatic rings. The average molecular weight is 422 g/mol. The molecule has 154 valence electrons. The number of amides is 2. The van der Waals surface area contributed by atoms with Gasteiger partial charge in [-0.15, -0.1) is 11.3 Å². The predicted molar refractivity (Wildman–Crippen MR) is 117 cm³/mol. The molecule has 2 aromatic heterocycles. The van der Waals surface area contributed by atoms with Gasteiger partial charge in [-0.3, -0.25) is 19.3 Å². The number of hydrogen-bond donors (Lipinski definition) is 0. The van der Waals surface area contributed by atoms with Gasteiger partial charge in [0.15, 0.2) is 0 Å². The highest BCUT2D eigenvalue weighted by atomic mass is 32.1. The van der Waals surface area contributed by atoms with Gasteiger partial charge in [-0.1, -0.05) is 6.07 Å². The first-order valence-electron chi connectivity index (χ1n) is 10.2. The lowest BCUT2D eigenvalue weighted by atomic mass is 10.0. The summed E-state index contributed by atoms with van der Waals surface area (Å²) >= 11 is 1.60. The molecular weight excluding hydrogens is 398 g/mol. The van der Waals surface area contributed by atoms with Gasteiger partial charge in [-0.25, -0.2) is 0 Å². The van der Waals surface area contributed by atoms with Crippen molar-refractivity contribution in [2.75, 3.05) is 16.3 Å². The lowest BCUT2D eigenvalue weighted by molar-refractivity contribution is -0.120. The Balaban J connectivity index is 1.51. The molecule has 7 nitrogen and oxygen atoms in total. The Labute approximate surface area is 178 Å². The molecule has 2 aliphatic rings. The average Bonchev–Trinajstić information content (AvgIpc) is 3.25. The van der Waals surface area contributed by atoms with Crippen LogP contribution in [0.5, 0.6) is 0 Å². The molecule has 5 rings (SSSR count). The van der Waals surface area contributed by atoms with E-state index < -0.39 is 0 Å². The topological polar surface area (TPSA) is 71.3 Å². The molecular formula is C22H23N5O2S. The minimum absolute atomic E-state index is 0.00704. The van der Waals surface area contributed by atoms with Crippen LogP contribution in [0.4, 0.5) is 11.4 Å². The Bertz CT molecular complexity index is 1100. The van der Waals surface area contributed by atoms with Gasteiger partial charge in [0.25, 0.3) is 0 Å². The number of rotatable bonds is 4. The second-order valence-corrected chi connectivity index (χ2v) is 9.03. The maximum absolute atomic E-state index is 13.0. The molecule has 0 radical (unpaired) electrons. The summed E-state index contributed by atoms with van der Waals surface area (Å²) in [4.78, 5) is 34.2. The Morgan fingerprint density at radius 1 is 1.17 bits per heavy atom. The zero-order valence-electron chi connectivity index (χ0n) is 17.0. The summed E-state index contributed by atoms with van der Waals surface area (Å²) in [5.41, 5.74) is 5.39. The van der Waals surface area contributed by atoms with Crippen molar-refractivity contribution >= 4 is 34.5 Å². The summed E-state index contributed by atoms with van der Waals surface area (Å²) in [6, 6.07) is 5.92. The molecule has 1 aliphatic heterocycles. The highest BCUT2D eigenvalue weighted by Crippen LogP contribution is 2.42. The van der Waals surface area contributed by atoms with Crippen molar-refractivity contribution in [3.05, 3.63) is 47.2 Å². The highest BCUT2D eigenvalue weighted by Gasteiger charge is 2.39. The lowest BCUT2D eigenvalue weighted by Crippen LogP contribution is -2.51. The maximum atomic E-state index is 13.0. The van der Waals surface area contributed by atoms with Crippen LogP contribution < -0.4 is 9.80 Å². The van der Waals surface area contributed by atoms with Crippen LogP contribution in [0.3, 0.4) is 0 Å². The Morgan fingerprint density at radius 2 is 2.00 bits per heavy atom. The Morgan fingerprint density at radius 3 is 2.70 bits per heavy atom. The van der Waals surface area contributed by atoms with Gasteiger partial charge in [0.1, 0.15) is 0 Å². The third kappa shape index (κ3) is 3.41. The minimum atomic E-state index is -0.0503. The first kappa shape index (κ1) is 19.0. The normalized spacial score (nSPS) is 18.4. The van der Waals surface area contributed by atoms with Crippen molar-refractivity contribution in [3.63, 3.8) is 0 Å². The van der Waals surface area contributed by atoms with Crippen molar-refractivity contribution in [2.24, 2.45) is 5.92 Å². The van der Waals surface area contributed by atoms with Crippen LogP contribution in [0.2, 0.25) is 0 Å². The third-order valence-corrected chi connectivity index (χ3v) is 6.48. The second-order valence-electron chi connectivity index (χ2n) is 8.06. The van der Waals surface area contributed by atoms with E-state index in [1.165, 1.54) is 0 Å². The van der Waals surface area contributed by atoms with Crippen LogP contribution in [-0.2, 0) is 16.1 Å². The summed E-state index contributed by atoms with van der Waals surface area (Å²) in [6.45, 7) is 4.78. The number of hydrogen-bond acceptors (Lipinski definition) is 5. The second kappa shape index (κ2) is 7.36. The number of nitrogens with zero attached hydrogens (tertiary/aromatic N) is 5.